The maximum Gasteiger partial charge on any atom is 0.178 e. The Hall–Kier alpha value is -2.23. The minimum absolute atomic E-state index is 0.388. The van der Waals surface area contributed by atoms with Crippen molar-refractivity contribution in [2.24, 2.45) is 0 Å². The topological polar surface area (TPSA) is 58.9 Å². The van der Waals surface area contributed by atoms with Crippen LogP contribution in [0.25, 0.3) is 17.3 Å². The lowest BCUT2D eigenvalue weighted by atomic mass is 10.2. The second-order valence-electron chi connectivity index (χ2n) is 2.88. The summed E-state index contributed by atoms with van der Waals surface area (Å²) in [6, 6.07) is 9.68. The van der Waals surface area contributed by atoms with Crippen LogP contribution in [-0.4, -0.2) is 20.3 Å². The second-order valence-corrected chi connectivity index (χ2v) is 2.88. The molecule has 0 saturated carbocycles. The van der Waals surface area contributed by atoms with Gasteiger partial charge in [-0.1, -0.05) is 30.3 Å². The van der Waals surface area contributed by atoms with Crippen molar-refractivity contribution in [3.8, 4) is 11.3 Å². The summed E-state index contributed by atoms with van der Waals surface area (Å²) in [5.41, 5.74) is 1.71. The summed E-state index contributed by atoms with van der Waals surface area (Å²) in [5.74, 6) is 0.388. The van der Waals surface area contributed by atoms with Gasteiger partial charge in [-0.25, -0.2) is 4.98 Å². The van der Waals surface area contributed by atoms with E-state index in [9.17, 15) is 0 Å². The number of hydrogen-bond donors (Lipinski definition) is 1. The van der Waals surface area contributed by atoms with Crippen LogP contribution in [0.15, 0.2) is 42.8 Å². The maximum absolute atomic E-state index is 8.59. The Morgan fingerprint density at radius 1 is 1.13 bits per heavy atom. The zero-order valence-electron chi connectivity index (χ0n) is 7.91. The minimum atomic E-state index is 0.388. The normalized spacial score (nSPS) is 10.7. The van der Waals surface area contributed by atoms with Gasteiger partial charge in [0, 0.05) is 11.6 Å². The molecule has 1 N–H and O–H groups in total. The summed E-state index contributed by atoms with van der Waals surface area (Å²) in [5, 5.41) is 16.1. The Labute approximate surface area is 87.0 Å². The molecule has 0 atom stereocenters. The third-order valence-corrected chi connectivity index (χ3v) is 1.87. The van der Waals surface area contributed by atoms with Crippen LogP contribution in [0.2, 0.25) is 0 Å². The fraction of sp³-hybridized carbons (Fsp3) is 0. The van der Waals surface area contributed by atoms with Crippen LogP contribution in [0.1, 0.15) is 5.82 Å². The van der Waals surface area contributed by atoms with Gasteiger partial charge in [0.2, 0.25) is 0 Å². The van der Waals surface area contributed by atoms with E-state index < -0.39 is 0 Å². The zero-order chi connectivity index (χ0) is 10.5. The molecule has 0 aliphatic heterocycles. The van der Waals surface area contributed by atoms with E-state index in [1.165, 1.54) is 6.08 Å². The van der Waals surface area contributed by atoms with Crippen molar-refractivity contribution in [1.29, 1.82) is 0 Å². The highest BCUT2D eigenvalue weighted by atomic mass is 16.2. The van der Waals surface area contributed by atoms with Gasteiger partial charge in [-0.3, -0.25) is 0 Å². The molecular weight excluding hydrogens is 190 g/mol. The first-order valence-corrected chi connectivity index (χ1v) is 4.46. The molecule has 1 heterocycles. The van der Waals surface area contributed by atoms with Crippen molar-refractivity contribution in [3.63, 3.8) is 0 Å². The van der Waals surface area contributed by atoms with E-state index in [-0.39, 0.29) is 0 Å². The molecule has 0 fully saturated rings. The molecule has 1 aromatic carbocycles. The third kappa shape index (κ3) is 2.17. The molecule has 0 radical (unpaired) electrons. The predicted octanol–water partition coefficient (Wildman–Crippen LogP) is 2.07. The van der Waals surface area contributed by atoms with Gasteiger partial charge in [0.05, 0.1) is 18.2 Å². The lowest BCUT2D eigenvalue weighted by molar-refractivity contribution is 0.477. The Morgan fingerprint density at radius 3 is 2.67 bits per heavy atom. The molecule has 0 saturated heterocycles. The van der Waals surface area contributed by atoms with Crippen molar-refractivity contribution >= 4 is 6.08 Å². The summed E-state index contributed by atoms with van der Waals surface area (Å²) in [6.07, 6.45) is 3.87. The molecule has 2 aromatic rings. The van der Waals surface area contributed by atoms with Crippen LogP contribution in [0.5, 0.6) is 0 Å². The number of aliphatic hydroxyl groups is 1. The van der Waals surface area contributed by atoms with E-state index in [1.54, 1.807) is 6.20 Å². The number of aromatic nitrogens is 3. The molecule has 0 aliphatic carbocycles. The molecule has 4 heteroatoms. The van der Waals surface area contributed by atoms with Gasteiger partial charge in [-0.2, -0.15) is 5.10 Å². The summed E-state index contributed by atoms with van der Waals surface area (Å²) in [7, 11) is 0. The third-order valence-electron chi connectivity index (χ3n) is 1.87. The van der Waals surface area contributed by atoms with Gasteiger partial charge in [0.1, 0.15) is 0 Å². The van der Waals surface area contributed by atoms with Crippen molar-refractivity contribution in [3.05, 3.63) is 48.6 Å². The van der Waals surface area contributed by atoms with E-state index in [1.807, 2.05) is 30.3 Å². The monoisotopic (exact) mass is 199 g/mol. The Morgan fingerprint density at radius 2 is 1.93 bits per heavy atom. The fourth-order valence-corrected chi connectivity index (χ4v) is 1.20. The highest BCUT2D eigenvalue weighted by Gasteiger charge is 1.99. The van der Waals surface area contributed by atoms with Crippen LogP contribution in [0.3, 0.4) is 0 Å². The quantitative estimate of drug-likeness (QED) is 0.752. The molecule has 74 valence electrons. The zero-order valence-corrected chi connectivity index (χ0v) is 7.91. The first kappa shape index (κ1) is 9.33. The van der Waals surface area contributed by atoms with Crippen molar-refractivity contribution in [2.45, 2.75) is 0 Å². The summed E-state index contributed by atoms with van der Waals surface area (Å²) >= 11 is 0. The van der Waals surface area contributed by atoms with Gasteiger partial charge in [0.25, 0.3) is 0 Å². The Bertz CT molecular complexity index is 468. The van der Waals surface area contributed by atoms with Gasteiger partial charge in [-0.05, 0) is 0 Å². The lowest BCUT2D eigenvalue weighted by Gasteiger charge is -1.99. The van der Waals surface area contributed by atoms with E-state index in [4.69, 9.17) is 5.11 Å². The molecule has 1 aromatic heterocycles. The Kier molecular flexibility index (Phi) is 2.69. The lowest BCUT2D eigenvalue weighted by Crippen LogP contribution is -1.93. The Balaban J connectivity index is 2.41. The SMILES string of the molecule is O/C=C/c1nncc(-c2ccccc2)n1. The smallest absolute Gasteiger partial charge is 0.178 e. The van der Waals surface area contributed by atoms with Crippen LogP contribution in [0.4, 0.5) is 0 Å². The second kappa shape index (κ2) is 4.32. The minimum Gasteiger partial charge on any atom is -0.515 e. The van der Waals surface area contributed by atoms with Gasteiger partial charge >= 0.3 is 0 Å². The molecule has 0 amide bonds. The van der Waals surface area contributed by atoms with E-state index in [0.717, 1.165) is 17.5 Å². The standard InChI is InChI=1S/C11H9N3O/c15-7-6-11-13-10(8-12-14-11)9-4-2-1-3-5-9/h1-8,15H/b7-6+. The van der Waals surface area contributed by atoms with Crippen molar-refractivity contribution in [1.82, 2.24) is 15.2 Å². The number of benzene rings is 1. The average molecular weight is 199 g/mol. The number of nitrogens with zero attached hydrogens (tertiary/aromatic N) is 3. The number of hydrogen-bond acceptors (Lipinski definition) is 4. The van der Waals surface area contributed by atoms with Gasteiger partial charge < -0.3 is 5.11 Å². The molecule has 15 heavy (non-hydrogen) atoms. The molecule has 2 rings (SSSR count). The summed E-state index contributed by atoms with van der Waals surface area (Å²) in [4.78, 5) is 4.21. The highest BCUT2D eigenvalue weighted by Crippen LogP contribution is 2.14. The fourth-order valence-electron chi connectivity index (χ4n) is 1.20. The number of aliphatic hydroxyl groups excluding tert-OH is 1. The predicted molar refractivity (Wildman–Crippen MR) is 56.9 cm³/mol. The van der Waals surface area contributed by atoms with Crippen molar-refractivity contribution < 1.29 is 5.11 Å². The van der Waals surface area contributed by atoms with Crippen LogP contribution >= 0.6 is 0 Å². The average Bonchev–Trinajstić information content (AvgIpc) is 2.31. The molecule has 0 bridgehead atoms. The van der Waals surface area contributed by atoms with E-state index in [0.29, 0.717) is 5.82 Å². The van der Waals surface area contributed by atoms with Crippen LogP contribution < -0.4 is 0 Å². The maximum atomic E-state index is 8.59. The largest absolute Gasteiger partial charge is 0.515 e. The molecular formula is C11H9N3O. The van der Waals surface area contributed by atoms with Gasteiger partial charge in [-0.15, -0.1) is 5.10 Å². The van der Waals surface area contributed by atoms with Gasteiger partial charge in [0.15, 0.2) is 5.82 Å². The molecule has 4 nitrogen and oxygen atoms in total. The molecule has 0 unspecified atom stereocenters. The van der Waals surface area contributed by atoms with Crippen LogP contribution in [0, 0.1) is 0 Å². The first-order chi connectivity index (χ1) is 7.40. The van der Waals surface area contributed by atoms with E-state index >= 15 is 0 Å². The summed E-state index contributed by atoms with van der Waals surface area (Å²) in [6.45, 7) is 0. The molecule has 0 spiro atoms. The van der Waals surface area contributed by atoms with Crippen molar-refractivity contribution in [2.75, 3.05) is 0 Å². The number of rotatable bonds is 2. The first-order valence-electron chi connectivity index (χ1n) is 4.46. The van der Waals surface area contributed by atoms with Crippen LogP contribution in [-0.2, 0) is 0 Å². The molecule has 0 aliphatic rings. The summed E-state index contributed by atoms with van der Waals surface area (Å²) < 4.78 is 0. The van der Waals surface area contributed by atoms with E-state index in [2.05, 4.69) is 15.2 Å². The highest BCUT2D eigenvalue weighted by molar-refractivity contribution is 5.58.